The van der Waals surface area contributed by atoms with Crippen LogP contribution < -0.4 is 15.5 Å². The van der Waals surface area contributed by atoms with Gasteiger partial charge in [-0.15, -0.1) is 0 Å². The zero-order valence-corrected chi connectivity index (χ0v) is 14.1. The number of nitrogens with zero attached hydrogens (tertiary/aromatic N) is 3. The van der Waals surface area contributed by atoms with E-state index >= 15 is 0 Å². The second-order valence-electron chi connectivity index (χ2n) is 5.74. The molecule has 0 bridgehead atoms. The molecule has 0 aromatic heterocycles. The lowest BCUT2D eigenvalue weighted by Crippen LogP contribution is -2.42. The summed E-state index contributed by atoms with van der Waals surface area (Å²) in [6.45, 7) is 2.31. The summed E-state index contributed by atoms with van der Waals surface area (Å²) >= 11 is 0. The lowest BCUT2D eigenvalue weighted by Gasteiger charge is -2.22. The molecule has 7 heteroatoms. The Kier molecular flexibility index (Phi) is 5.13. The van der Waals surface area contributed by atoms with Crippen molar-refractivity contribution >= 4 is 23.0 Å². The summed E-state index contributed by atoms with van der Waals surface area (Å²) in [5.41, 5.74) is 3.50. The maximum atomic E-state index is 10.7. The molecular formula is C18H21N5O2. The molecule has 1 aliphatic rings. The molecule has 7 nitrogen and oxygen atoms in total. The standard InChI is InChI=1S/C18H21N5O2/c1-19-18(22-13-10-14-4-2-3-5-17(14)22)21-12-11-20-15-6-8-16(9-7-15)23(24)25/h2-9,20H,10-13H2,1H3,(H,19,21). The monoisotopic (exact) mass is 339 g/mol. The minimum Gasteiger partial charge on any atom is -0.383 e. The van der Waals surface area contributed by atoms with Crippen LogP contribution in [0.15, 0.2) is 53.5 Å². The molecule has 2 aromatic rings. The maximum Gasteiger partial charge on any atom is 0.269 e. The second-order valence-corrected chi connectivity index (χ2v) is 5.74. The van der Waals surface area contributed by atoms with Crippen LogP contribution >= 0.6 is 0 Å². The second kappa shape index (κ2) is 7.65. The fourth-order valence-electron chi connectivity index (χ4n) is 2.94. The number of nitrogens with one attached hydrogen (secondary N) is 2. The molecular weight excluding hydrogens is 318 g/mol. The molecule has 1 heterocycles. The zero-order valence-electron chi connectivity index (χ0n) is 14.1. The van der Waals surface area contributed by atoms with Crippen molar-refractivity contribution in [3.63, 3.8) is 0 Å². The molecule has 0 radical (unpaired) electrons. The Bertz CT molecular complexity index is 773. The molecule has 0 spiro atoms. The van der Waals surface area contributed by atoms with Gasteiger partial charge in [-0.2, -0.15) is 0 Å². The minimum atomic E-state index is -0.400. The minimum absolute atomic E-state index is 0.0942. The number of aliphatic imine (C=N–C) groups is 1. The molecule has 0 saturated carbocycles. The van der Waals surface area contributed by atoms with Gasteiger partial charge in [0.15, 0.2) is 5.96 Å². The van der Waals surface area contributed by atoms with Crippen molar-refractivity contribution in [3.8, 4) is 0 Å². The van der Waals surface area contributed by atoms with Gasteiger partial charge in [0.2, 0.25) is 0 Å². The first-order valence-electron chi connectivity index (χ1n) is 8.23. The lowest BCUT2D eigenvalue weighted by atomic mass is 10.2. The van der Waals surface area contributed by atoms with Gasteiger partial charge < -0.3 is 15.5 Å². The average molecular weight is 339 g/mol. The molecule has 130 valence electrons. The van der Waals surface area contributed by atoms with Crippen LogP contribution in [-0.2, 0) is 6.42 Å². The van der Waals surface area contributed by atoms with Crippen molar-refractivity contribution in [1.29, 1.82) is 0 Å². The Morgan fingerprint density at radius 3 is 2.68 bits per heavy atom. The molecule has 0 saturated heterocycles. The van der Waals surface area contributed by atoms with E-state index in [4.69, 9.17) is 0 Å². The van der Waals surface area contributed by atoms with Crippen molar-refractivity contribution in [2.24, 2.45) is 4.99 Å². The highest BCUT2D eigenvalue weighted by Gasteiger charge is 2.21. The van der Waals surface area contributed by atoms with E-state index in [1.807, 2.05) is 6.07 Å². The number of rotatable bonds is 5. The summed E-state index contributed by atoms with van der Waals surface area (Å²) in [5, 5.41) is 17.3. The van der Waals surface area contributed by atoms with E-state index in [9.17, 15) is 10.1 Å². The van der Waals surface area contributed by atoms with Crippen LogP contribution in [0.5, 0.6) is 0 Å². The van der Waals surface area contributed by atoms with E-state index in [1.54, 1.807) is 19.2 Å². The highest BCUT2D eigenvalue weighted by Crippen LogP contribution is 2.27. The van der Waals surface area contributed by atoms with Gasteiger partial charge in [0.05, 0.1) is 4.92 Å². The topological polar surface area (TPSA) is 82.8 Å². The van der Waals surface area contributed by atoms with E-state index in [-0.39, 0.29) is 5.69 Å². The van der Waals surface area contributed by atoms with Crippen LogP contribution in [0.25, 0.3) is 0 Å². The molecule has 0 amide bonds. The summed E-state index contributed by atoms with van der Waals surface area (Å²) in [5.74, 6) is 0.857. The van der Waals surface area contributed by atoms with Gasteiger partial charge in [0.1, 0.15) is 0 Å². The number of fused-ring (bicyclic) bond motifs is 1. The number of benzene rings is 2. The van der Waals surface area contributed by atoms with Crippen molar-refractivity contribution in [1.82, 2.24) is 5.32 Å². The van der Waals surface area contributed by atoms with E-state index in [0.717, 1.165) is 24.6 Å². The van der Waals surface area contributed by atoms with Crippen LogP contribution in [0.1, 0.15) is 5.56 Å². The summed E-state index contributed by atoms with van der Waals surface area (Å²) < 4.78 is 0. The largest absolute Gasteiger partial charge is 0.383 e. The Labute approximate surface area is 146 Å². The summed E-state index contributed by atoms with van der Waals surface area (Å²) in [7, 11) is 1.78. The Balaban J connectivity index is 1.50. The molecule has 1 aliphatic heterocycles. The van der Waals surface area contributed by atoms with Crippen LogP contribution in [-0.4, -0.2) is 37.6 Å². The van der Waals surface area contributed by atoms with Crippen LogP contribution in [0, 0.1) is 10.1 Å². The highest BCUT2D eigenvalue weighted by molar-refractivity contribution is 5.97. The van der Waals surface area contributed by atoms with Crippen LogP contribution in [0.3, 0.4) is 0 Å². The van der Waals surface area contributed by atoms with Crippen molar-refractivity contribution in [2.45, 2.75) is 6.42 Å². The van der Waals surface area contributed by atoms with Gasteiger partial charge in [-0.05, 0) is 30.2 Å². The first kappa shape index (κ1) is 16.8. The number of non-ortho nitro benzene ring substituents is 1. The van der Waals surface area contributed by atoms with Crippen LogP contribution in [0.4, 0.5) is 17.1 Å². The van der Waals surface area contributed by atoms with Crippen molar-refractivity contribution in [3.05, 3.63) is 64.2 Å². The number of nitro groups is 1. The number of para-hydroxylation sites is 1. The molecule has 2 N–H and O–H groups in total. The number of hydrogen-bond donors (Lipinski definition) is 2. The summed E-state index contributed by atoms with van der Waals surface area (Å²) in [4.78, 5) is 16.8. The van der Waals surface area contributed by atoms with Gasteiger partial charge >= 0.3 is 0 Å². The molecule has 0 aliphatic carbocycles. The highest BCUT2D eigenvalue weighted by atomic mass is 16.6. The maximum absolute atomic E-state index is 10.7. The Morgan fingerprint density at radius 2 is 1.96 bits per heavy atom. The van der Waals surface area contributed by atoms with Crippen molar-refractivity contribution < 1.29 is 4.92 Å². The van der Waals surface area contributed by atoms with E-state index in [0.29, 0.717) is 13.1 Å². The SMILES string of the molecule is CN=C(NCCNc1ccc([N+](=O)[O-])cc1)N1CCc2ccccc21. The van der Waals surface area contributed by atoms with E-state index < -0.39 is 4.92 Å². The zero-order chi connectivity index (χ0) is 17.6. The normalized spacial score (nSPS) is 13.5. The number of nitro benzene ring substituents is 1. The quantitative estimate of drug-likeness (QED) is 0.288. The number of hydrogen-bond acceptors (Lipinski definition) is 4. The predicted octanol–water partition coefficient (Wildman–Crippen LogP) is 2.64. The Hall–Kier alpha value is -3.09. The van der Waals surface area contributed by atoms with Crippen LogP contribution in [0.2, 0.25) is 0 Å². The molecule has 0 atom stereocenters. The number of guanidine groups is 1. The fourth-order valence-corrected chi connectivity index (χ4v) is 2.94. The van der Waals surface area contributed by atoms with Gasteiger partial charge in [-0.1, -0.05) is 18.2 Å². The fraction of sp³-hybridized carbons (Fsp3) is 0.278. The van der Waals surface area contributed by atoms with Gasteiger partial charge in [-0.25, -0.2) is 0 Å². The smallest absolute Gasteiger partial charge is 0.269 e. The molecule has 0 fully saturated rings. The van der Waals surface area contributed by atoms with Gasteiger partial charge in [-0.3, -0.25) is 15.1 Å². The molecule has 3 rings (SSSR count). The van der Waals surface area contributed by atoms with Gasteiger partial charge in [0, 0.05) is 50.2 Å². The third kappa shape index (κ3) is 3.88. The first-order valence-corrected chi connectivity index (χ1v) is 8.23. The molecule has 25 heavy (non-hydrogen) atoms. The van der Waals surface area contributed by atoms with E-state index in [1.165, 1.54) is 23.4 Å². The predicted molar refractivity (Wildman–Crippen MR) is 100 cm³/mol. The number of anilines is 2. The van der Waals surface area contributed by atoms with Gasteiger partial charge in [0.25, 0.3) is 5.69 Å². The lowest BCUT2D eigenvalue weighted by molar-refractivity contribution is -0.384. The average Bonchev–Trinajstić information content (AvgIpc) is 3.06. The Morgan fingerprint density at radius 1 is 1.20 bits per heavy atom. The summed E-state index contributed by atoms with van der Waals surface area (Å²) in [6.07, 6.45) is 1.03. The summed E-state index contributed by atoms with van der Waals surface area (Å²) in [6, 6.07) is 14.8. The first-order chi connectivity index (χ1) is 12.2. The van der Waals surface area contributed by atoms with Crippen molar-refractivity contribution in [2.75, 3.05) is 36.9 Å². The molecule has 0 unspecified atom stereocenters. The van der Waals surface area contributed by atoms with E-state index in [2.05, 4.69) is 38.7 Å². The third-order valence-corrected chi connectivity index (χ3v) is 4.17. The third-order valence-electron chi connectivity index (χ3n) is 4.17. The molecule has 2 aromatic carbocycles.